The first-order valence-corrected chi connectivity index (χ1v) is 13.9. The molecule has 0 aliphatic carbocycles. The van der Waals surface area contributed by atoms with Crippen molar-refractivity contribution < 1.29 is 57.6 Å². The Balaban J connectivity index is 5.51. The number of carbonyl (C=O) groups is 6. The summed E-state index contributed by atoms with van der Waals surface area (Å²) in [5, 5.41) is 13.7. The van der Waals surface area contributed by atoms with Crippen molar-refractivity contribution in [1.29, 1.82) is 0 Å². The minimum atomic E-state index is -1.53. The summed E-state index contributed by atoms with van der Waals surface area (Å²) in [5.41, 5.74) is -1.60. The molecule has 242 valence electrons. The van der Waals surface area contributed by atoms with E-state index in [0.29, 0.717) is 0 Å². The van der Waals surface area contributed by atoms with Gasteiger partial charge in [-0.05, 0) is 59.8 Å². The highest BCUT2D eigenvalue weighted by Gasteiger charge is 2.32. The molecule has 14 heteroatoms. The monoisotopic (exact) mass is 604 g/mol. The third-order valence-electron chi connectivity index (χ3n) is 5.07. The van der Waals surface area contributed by atoms with E-state index < -0.39 is 71.6 Å². The van der Waals surface area contributed by atoms with E-state index in [1.165, 1.54) is 0 Å². The number of ether oxygens (including phenoxy) is 5. The first-order valence-electron chi connectivity index (χ1n) is 13.9. The molecular weight excluding hydrogens is 556 g/mol. The Hall–Kier alpha value is -3.58. The predicted molar refractivity (Wildman–Crippen MR) is 149 cm³/mol. The van der Waals surface area contributed by atoms with E-state index in [0.717, 1.165) is 0 Å². The van der Waals surface area contributed by atoms with Gasteiger partial charge in [-0.15, -0.1) is 0 Å². The molecule has 1 unspecified atom stereocenters. The van der Waals surface area contributed by atoms with Crippen molar-refractivity contribution >= 4 is 36.1 Å². The van der Waals surface area contributed by atoms with Crippen LogP contribution in [0.5, 0.6) is 0 Å². The van der Waals surface area contributed by atoms with Crippen LogP contribution in [0.3, 0.4) is 0 Å². The topological polar surface area (TPSA) is 193 Å². The number of aliphatic carboxylic acids is 1. The lowest BCUT2D eigenvalue weighted by atomic mass is 10.1. The van der Waals surface area contributed by atoms with Gasteiger partial charge in [0, 0.05) is 12.8 Å². The van der Waals surface area contributed by atoms with E-state index in [1.54, 1.807) is 69.2 Å². The Bertz CT molecular complexity index is 934. The van der Waals surface area contributed by atoms with Crippen LogP contribution in [0.15, 0.2) is 0 Å². The van der Waals surface area contributed by atoms with Gasteiger partial charge >= 0.3 is 36.1 Å². The minimum absolute atomic E-state index is 0.00889. The molecule has 3 N–H and O–H groups in total. The van der Waals surface area contributed by atoms with Crippen molar-refractivity contribution in [3.05, 3.63) is 0 Å². The molecule has 0 rings (SSSR count). The number of nitrogens with one attached hydrogen (secondary N) is 2. The fourth-order valence-electron chi connectivity index (χ4n) is 3.14. The maximum atomic E-state index is 13.0. The van der Waals surface area contributed by atoms with E-state index in [4.69, 9.17) is 28.8 Å². The molecule has 0 aromatic carbocycles. The van der Waals surface area contributed by atoms with E-state index >= 15 is 0 Å². The van der Waals surface area contributed by atoms with Crippen molar-refractivity contribution in [2.45, 2.75) is 124 Å². The van der Waals surface area contributed by atoms with Gasteiger partial charge < -0.3 is 39.4 Å². The van der Waals surface area contributed by atoms with Crippen LogP contribution in [-0.4, -0.2) is 77.4 Å². The van der Waals surface area contributed by atoms with Crippen molar-refractivity contribution in [2.24, 2.45) is 11.8 Å². The number of hydrogen-bond acceptors (Lipinski definition) is 11. The lowest BCUT2D eigenvalue weighted by Gasteiger charge is -2.27. The van der Waals surface area contributed by atoms with Crippen molar-refractivity contribution in [1.82, 2.24) is 10.6 Å². The Morgan fingerprint density at radius 3 is 1.55 bits per heavy atom. The summed E-state index contributed by atoms with van der Waals surface area (Å²) < 4.78 is 26.3. The van der Waals surface area contributed by atoms with Gasteiger partial charge in [0.2, 0.25) is 0 Å². The summed E-state index contributed by atoms with van der Waals surface area (Å²) in [6.07, 6.45) is -4.02. The zero-order valence-electron chi connectivity index (χ0n) is 26.4. The summed E-state index contributed by atoms with van der Waals surface area (Å²) in [6, 6.07) is -2.22. The van der Waals surface area contributed by atoms with Crippen LogP contribution in [0, 0.1) is 11.8 Å². The summed E-state index contributed by atoms with van der Waals surface area (Å²) in [7, 11) is 0. The standard InChI is InChI=1S/C28H48N2O12/c1-16(2)21(29-25(36)41-27(5,6)7)23(34)38-15-14-20(39-19(33)13-11-12-18(31)32)40-24(35)22(17(3)4)30-26(37)42-28(8,9)10/h16-17,20-22H,11-15H2,1-10H3,(H,29,36)(H,30,37)(H,31,32)/t20?,21-,22-/m0/s1. The van der Waals surface area contributed by atoms with Gasteiger partial charge in [-0.2, -0.15) is 0 Å². The molecule has 0 fully saturated rings. The zero-order chi connectivity index (χ0) is 32.8. The number of alkyl carbamates (subject to hydrolysis) is 2. The number of hydrogen-bond donors (Lipinski definition) is 3. The molecule has 0 aromatic rings. The van der Waals surface area contributed by atoms with E-state index in [1.807, 2.05) is 0 Å². The van der Waals surface area contributed by atoms with Crippen molar-refractivity contribution in [2.75, 3.05) is 6.61 Å². The summed E-state index contributed by atoms with van der Waals surface area (Å²) in [6.45, 7) is 16.3. The number of carboxylic acid groups (broad SMARTS) is 1. The van der Waals surface area contributed by atoms with E-state index in [-0.39, 0.29) is 38.2 Å². The Kier molecular flexibility index (Phi) is 15.9. The van der Waals surface area contributed by atoms with Crippen molar-refractivity contribution in [3.8, 4) is 0 Å². The lowest BCUT2D eigenvalue weighted by molar-refractivity contribution is -0.193. The maximum absolute atomic E-state index is 13.0. The summed E-state index contributed by atoms with van der Waals surface area (Å²) >= 11 is 0. The van der Waals surface area contributed by atoms with Gasteiger partial charge in [-0.25, -0.2) is 19.2 Å². The Labute approximate surface area is 247 Å². The molecule has 0 spiro atoms. The number of esters is 3. The van der Waals surface area contributed by atoms with Gasteiger partial charge in [-0.3, -0.25) is 9.59 Å². The number of carboxylic acids is 1. The van der Waals surface area contributed by atoms with Gasteiger partial charge in [0.1, 0.15) is 23.3 Å². The number of amides is 2. The molecule has 2 amide bonds. The van der Waals surface area contributed by atoms with E-state index in [9.17, 15) is 28.8 Å². The average Bonchev–Trinajstić information content (AvgIpc) is 2.77. The second-order valence-electron chi connectivity index (χ2n) is 12.3. The number of rotatable bonds is 15. The summed E-state index contributed by atoms with van der Waals surface area (Å²) in [4.78, 5) is 73.2. The molecule has 0 aromatic heterocycles. The van der Waals surface area contributed by atoms with Crippen LogP contribution in [-0.2, 0) is 42.9 Å². The molecule has 42 heavy (non-hydrogen) atoms. The third-order valence-corrected chi connectivity index (χ3v) is 5.07. The fourth-order valence-corrected chi connectivity index (χ4v) is 3.14. The van der Waals surface area contributed by atoms with Crippen LogP contribution >= 0.6 is 0 Å². The predicted octanol–water partition coefficient (Wildman–Crippen LogP) is 3.69. The normalized spacial score (nSPS) is 13.8. The highest BCUT2D eigenvalue weighted by Crippen LogP contribution is 2.14. The van der Waals surface area contributed by atoms with Gasteiger partial charge in [-0.1, -0.05) is 27.7 Å². The van der Waals surface area contributed by atoms with Gasteiger partial charge in [0.05, 0.1) is 13.0 Å². The van der Waals surface area contributed by atoms with Crippen LogP contribution in [0.4, 0.5) is 9.59 Å². The molecule has 0 radical (unpaired) electrons. The molecule has 14 nitrogen and oxygen atoms in total. The second-order valence-corrected chi connectivity index (χ2v) is 12.3. The van der Waals surface area contributed by atoms with Gasteiger partial charge in [0.25, 0.3) is 6.29 Å². The SMILES string of the molecule is CC(C)[C@H](NC(=O)OC(C)(C)C)C(=O)OCCC(OC(=O)CCCC(=O)O)OC(=O)[C@@H](NC(=O)OC(C)(C)C)C(C)C. The van der Waals surface area contributed by atoms with Crippen LogP contribution in [0.25, 0.3) is 0 Å². The zero-order valence-corrected chi connectivity index (χ0v) is 26.4. The fraction of sp³-hybridized carbons (Fsp3) is 0.786. The smallest absolute Gasteiger partial charge is 0.408 e. The minimum Gasteiger partial charge on any atom is -0.481 e. The molecular formula is C28H48N2O12. The third kappa shape index (κ3) is 18.0. The highest BCUT2D eigenvalue weighted by atomic mass is 16.7. The second kappa shape index (κ2) is 17.4. The molecule has 3 atom stereocenters. The van der Waals surface area contributed by atoms with Crippen LogP contribution < -0.4 is 10.6 Å². The summed E-state index contributed by atoms with van der Waals surface area (Å²) in [5.74, 6) is -4.46. The molecule has 0 heterocycles. The first-order chi connectivity index (χ1) is 19.1. The molecule has 0 saturated heterocycles. The first kappa shape index (κ1) is 38.4. The quantitative estimate of drug-likeness (QED) is 0.140. The largest absolute Gasteiger partial charge is 0.481 e. The Morgan fingerprint density at radius 1 is 0.690 bits per heavy atom. The molecule has 0 aliphatic heterocycles. The van der Waals surface area contributed by atoms with E-state index in [2.05, 4.69) is 10.6 Å². The van der Waals surface area contributed by atoms with Gasteiger partial charge in [0.15, 0.2) is 0 Å². The van der Waals surface area contributed by atoms with Crippen LogP contribution in [0.1, 0.15) is 94.9 Å². The molecule has 0 saturated carbocycles. The lowest BCUT2D eigenvalue weighted by Crippen LogP contribution is -2.48. The maximum Gasteiger partial charge on any atom is 0.408 e. The molecule has 0 aliphatic rings. The highest BCUT2D eigenvalue weighted by molar-refractivity contribution is 5.82. The average molecular weight is 605 g/mol. The number of carbonyl (C=O) groups excluding carboxylic acids is 5. The van der Waals surface area contributed by atoms with Crippen LogP contribution in [0.2, 0.25) is 0 Å². The van der Waals surface area contributed by atoms with Crippen molar-refractivity contribution in [3.63, 3.8) is 0 Å². The Morgan fingerprint density at radius 2 is 1.14 bits per heavy atom. The molecule has 0 bridgehead atoms.